The zero-order valence-electron chi connectivity index (χ0n) is 12.7. The van der Waals surface area contributed by atoms with Gasteiger partial charge in [-0.3, -0.25) is 0 Å². The minimum Gasteiger partial charge on any atom is -0.493 e. The maximum absolute atomic E-state index is 13.3. The number of nitrogens with two attached hydrogens (primary N) is 1. The van der Waals surface area contributed by atoms with Crippen molar-refractivity contribution in [1.29, 1.82) is 0 Å². The van der Waals surface area contributed by atoms with Crippen LogP contribution >= 0.6 is 0 Å². The van der Waals surface area contributed by atoms with Crippen LogP contribution in [-0.4, -0.2) is 21.1 Å². The molecule has 1 aliphatic rings. The van der Waals surface area contributed by atoms with E-state index in [1.165, 1.54) is 30.3 Å². The fourth-order valence-corrected chi connectivity index (χ4v) is 4.19. The first-order chi connectivity index (χ1) is 10.9. The molecule has 0 radical (unpaired) electrons. The van der Waals surface area contributed by atoms with Gasteiger partial charge in [0.2, 0.25) is 9.84 Å². The molecule has 0 spiro atoms. The smallest absolute Gasteiger partial charge is 0.206 e. The third kappa shape index (κ3) is 2.96. The zero-order valence-corrected chi connectivity index (χ0v) is 13.5. The molecule has 23 heavy (non-hydrogen) atoms. The Morgan fingerprint density at radius 3 is 2.65 bits per heavy atom. The van der Waals surface area contributed by atoms with Crippen molar-refractivity contribution in [2.45, 2.75) is 35.1 Å². The molecule has 122 valence electrons. The third-order valence-corrected chi connectivity index (χ3v) is 5.87. The maximum Gasteiger partial charge on any atom is 0.206 e. The molecule has 1 aliphatic heterocycles. The van der Waals surface area contributed by atoms with E-state index in [2.05, 4.69) is 0 Å². The van der Waals surface area contributed by atoms with Crippen LogP contribution in [0.25, 0.3) is 0 Å². The van der Waals surface area contributed by atoms with Crippen molar-refractivity contribution < 1.29 is 17.5 Å². The van der Waals surface area contributed by atoms with E-state index in [1.807, 2.05) is 6.92 Å². The molecule has 2 N–H and O–H groups in total. The molecule has 2 aromatic rings. The number of sulfone groups is 1. The van der Waals surface area contributed by atoms with E-state index in [0.717, 1.165) is 18.1 Å². The Hall–Kier alpha value is -1.92. The molecule has 3 rings (SSSR count). The Labute approximate surface area is 135 Å². The number of rotatable bonds is 3. The second-order valence-electron chi connectivity index (χ2n) is 5.76. The van der Waals surface area contributed by atoms with Gasteiger partial charge >= 0.3 is 0 Å². The Balaban J connectivity index is 2.05. The SMILES string of the molecule is CC(N)C1CCOc2cc(S(=O)(=O)c3cccc(F)c3)ccc21. The minimum absolute atomic E-state index is 0.0386. The normalized spacial score (nSPS) is 18.8. The van der Waals surface area contributed by atoms with E-state index in [0.29, 0.717) is 12.4 Å². The molecule has 0 aliphatic carbocycles. The number of fused-ring (bicyclic) bond motifs is 1. The molecule has 4 nitrogen and oxygen atoms in total. The highest BCUT2D eigenvalue weighted by atomic mass is 32.2. The van der Waals surface area contributed by atoms with Crippen LogP contribution in [0.5, 0.6) is 5.75 Å². The highest BCUT2D eigenvalue weighted by Crippen LogP contribution is 2.37. The average Bonchev–Trinajstić information content (AvgIpc) is 2.53. The van der Waals surface area contributed by atoms with Crippen molar-refractivity contribution >= 4 is 9.84 Å². The van der Waals surface area contributed by atoms with Gasteiger partial charge in [-0.05, 0) is 49.2 Å². The van der Waals surface area contributed by atoms with Crippen molar-refractivity contribution in [3.8, 4) is 5.75 Å². The predicted octanol–water partition coefficient (Wildman–Crippen LogP) is 2.87. The molecule has 1 heterocycles. The fraction of sp³-hybridized carbons (Fsp3) is 0.294. The molecule has 2 unspecified atom stereocenters. The van der Waals surface area contributed by atoms with Gasteiger partial charge in [0.25, 0.3) is 0 Å². The van der Waals surface area contributed by atoms with Crippen molar-refractivity contribution in [2.24, 2.45) is 5.73 Å². The van der Waals surface area contributed by atoms with Crippen LogP contribution in [0.3, 0.4) is 0 Å². The summed E-state index contributed by atoms with van der Waals surface area (Å²) >= 11 is 0. The highest BCUT2D eigenvalue weighted by Gasteiger charge is 2.27. The highest BCUT2D eigenvalue weighted by molar-refractivity contribution is 7.91. The number of benzene rings is 2. The summed E-state index contributed by atoms with van der Waals surface area (Å²) in [5.74, 6) is 0.0954. The molecule has 2 aromatic carbocycles. The molecule has 0 amide bonds. The van der Waals surface area contributed by atoms with E-state index in [1.54, 1.807) is 6.07 Å². The van der Waals surface area contributed by atoms with Gasteiger partial charge in [-0.2, -0.15) is 0 Å². The number of hydrogen-bond donors (Lipinski definition) is 1. The largest absolute Gasteiger partial charge is 0.493 e. The van der Waals surface area contributed by atoms with Gasteiger partial charge in [0, 0.05) is 12.0 Å². The Morgan fingerprint density at radius 2 is 1.96 bits per heavy atom. The lowest BCUT2D eigenvalue weighted by Crippen LogP contribution is -2.29. The van der Waals surface area contributed by atoms with E-state index >= 15 is 0 Å². The van der Waals surface area contributed by atoms with Crippen molar-refractivity contribution in [3.63, 3.8) is 0 Å². The topological polar surface area (TPSA) is 69.4 Å². The second-order valence-corrected chi connectivity index (χ2v) is 7.71. The summed E-state index contributed by atoms with van der Waals surface area (Å²) in [6, 6.07) is 9.72. The lowest BCUT2D eigenvalue weighted by molar-refractivity contribution is 0.257. The van der Waals surface area contributed by atoms with Crippen LogP contribution in [-0.2, 0) is 9.84 Å². The molecule has 6 heteroatoms. The fourth-order valence-electron chi connectivity index (χ4n) is 2.88. The van der Waals surface area contributed by atoms with Gasteiger partial charge in [0.15, 0.2) is 0 Å². The van der Waals surface area contributed by atoms with Crippen LogP contribution in [0, 0.1) is 5.82 Å². The summed E-state index contributed by atoms with van der Waals surface area (Å²) in [6.07, 6.45) is 0.806. The summed E-state index contributed by atoms with van der Waals surface area (Å²) < 4.78 is 44.2. The van der Waals surface area contributed by atoms with E-state index in [4.69, 9.17) is 10.5 Å². The van der Waals surface area contributed by atoms with Gasteiger partial charge in [-0.25, -0.2) is 12.8 Å². The lowest BCUT2D eigenvalue weighted by Gasteiger charge is -2.28. The van der Waals surface area contributed by atoms with Crippen LogP contribution < -0.4 is 10.5 Å². The first-order valence-corrected chi connectivity index (χ1v) is 8.91. The Kier molecular flexibility index (Phi) is 4.12. The first kappa shape index (κ1) is 16.0. The third-order valence-electron chi connectivity index (χ3n) is 4.12. The summed E-state index contributed by atoms with van der Waals surface area (Å²) in [4.78, 5) is 0.0178. The number of halogens is 1. The van der Waals surface area contributed by atoms with Crippen LogP contribution in [0.15, 0.2) is 52.3 Å². The first-order valence-electron chi connectivity index (χ1n) is 7.42. The Morgan fingerprint density at radius 1 is 1.22 bits per heavy atom. The second kappa shape index (κ2) is 5.94. The van der Waals surface area contributed by atoms with Gasteiger partial charge in [-0.15, -0.1) is 0 Å². The van der Waals surface area contributed by atoms with Gasteiger partial charge < -0.3 is 10.5 Å². The molecule has 0 aromatic heterocycles. The molecule has 2 atom stereocenters. The summed E-state index contributed by atoms with van der Waals surface area (Å²) in [7, 11) is -3.78. The molecule has 0 saturated carbocycles. The summed E-state index contributed by atoms with van der Waals surface area (Å²) in [5.41, 5.74) is 6.92. The summed E-state index contributed by atoms with van der Waals surface area (Å²) in [5, 5.41) is 0. The molecule has 0 fully saturated rings. The average molecular weight is 335 g/mol. The van der Waals surface area contributed by atoms with Crippen LogP contribution in [0.2, 0.25) is 0 Å². The van der Waals surface area contributed by atoms with Crippen molar-refractivity contribution in [2.75, 3.05) is 6.61 Å². The van der Waals surface area contributed by atoms with Gasteiger partial charge in [0.05, 0.1) is 16.4 Å². The molecule has 0 saturated heterocycles. The standard InChI is InChI=1S/C17H18FNO3S/c1-11(19)15-7-8-22-17-10-14(5-6-16(15)17)23(20,21)13-4-2-3-12(18)9-13/h2-6,9-11,15H,7-8,19H2,1H3. The molecular weight excluding hydrogens is 317 g/mol. The van der Waals surface area contributed by atoms with Gasteiger partial charge in [-0.1, -0.05) is 12.1 Å². The molecule has 0 bridgehead atoms. The van der Waals surface area contributed by atoms with Crippen LogP contribution in [0.1, 0.15) is 24.8 Å². The van der Waals surface area contributed by atoms with E-state index in [-0.39, 0.29) is 21.8 Å². The van der Waals surface area contributed by atoms with Crippen molar-refractivity contribution in [1.82, 2.24) is 0 Å². The molecular formula is C17H18FNO3S. The quantitative estimate of drug-likeness (QED) is 0.936. The Bertz CT molecular complexity index is 833. The summed E-state index contributed by atoms with van der Waals surface area (Å²) in [6.45, 7) is 2.43. The van der Waals surface area contributed by atoms with E-state index < -0.39 is 15.7 Å². The number of hydrogen-bond acceptors (Lipinski definition) is 4. The zero-order chi connectivity index (χ0) is 16.6. The maximum atomic E-state index is 13.3. The number of ether oxygens (including phenoxy) is 1. The lowest BCUT2D eigenvalue weighted by atomic mass is 9.88. The van der Waals surface area contributed by atoms with Gasteiger partial charge in [0.1, 0.15) is 11.6 Å². The predicted molar refractivity (Wildman–Crippen MR) is 84.8 cm³/mol. The monoisotopic (exact) mass is 335 g/mol. The van der Waals surface area contributed by atoms with Crippen LogP contribution in [0.4, 0.5) is 4.39 Å². The van der Waals surface area contributed by atoms with Crippen molar-refractivity contribution in [3.05, 3.63) is 53.8 Å². The minimum atomic E-state index is -3.78. The van der Waals surface area contributed by atoms with E-state index in [9.17, 15) is 12.8 Å².